The third-order valence-electron chi connectivity index (χ3n) is 3.72. The molecule has 1 aromatic heterocycles. The highest BCUT2D eigenvalue weighted by Gasteiger charge is 2.20. The van der Waals surface area contributed by atoms with Crippen LogP contribution in [0, 0.1) is 0 Å². The van der Waals surface area contributed by atoms with Crippen molar-refractivity contribution in [1.29, 1.82) is 0 Å². The lowest BCUT2D eigenvalue weighted by Gasteiger charge is -2.18. The Hall–Kier alpha value is -1.48. The summed E-state index contributed by atoms with van der Waals surface area (Å²) in [6, 6.07) is 10.4. The van der Waals surface area contributed by atoms with E-state index in [0.717, 1.165) is 14.2 Å². The number of benzene rings is 1. The summed E-state index contributed by atoms with van der Waals surface area (Å²) in [4.78, 5) is 13.2. The molecule has 0 unspecified atom stereocenters. The molecule has 0 aliphatic heterocycles. The quantitative estimate of drug-likeness (QED) is 0.612. The summed E-state index contributed by atoms with van der Waals surface area (Å²) in [5.74, 6) is -0.200. The molecule has 1 amide bonds. The molecule has 1 N–H and O–H groups in total. The van der Waals surface area contributed by atoms with Crippen LogP contribution in [0.5, 0.6) is 0 Å². The van der Waals surface area contributed by atoms with E-state index in [1.807, 2.05) is 26.0 Å². The Kier molecular flexibility index (Phi) is 7.57. The largest absolute Gasteiger partial charge is 0.348 e. The number of hydrogen-bond donors (Lipinski definition) is 1. The van der Waals surface area contributed by atoms with Crippen LogP contribution in [0.3, 0.4) is 0 Å². The molecule has 2 rings (SSSR count). The van der Waals surface area contributed by atoms with Crippen molar-refractivity contribution >= 4 is 49.3 Å². The lowest BCUT2D eigenvalue weighted by molar-refractivity contribution is -0.116. The van der Waals surface area contributed by atoms with Gasteiger partial charge in [-0.1, -0.05) is 26.0 Å². The van der Waals surface area contributed by atoms with Gasteiger partial charge in [0.15, 0.2) is 0 Å². The van der Waals surface area contributed by atoms with Crippen LogP contribution in [-0.4, -0.2) is 31.7 Å². The molecule has 8 heteroatoms. The number of amides is 1. The first-order valence-corrected chi connectivity index (χ1v) is 11.2. The summed E-state index contributed by atoms with van der Waals surface area (Å²) < 4.78 is 27.3. The fourth-order valence-corrected chi connectivity index (χ4v) is 5.20. The highest BCUT2D eigenvalue weighted by atomic mass is 79.9. The SMILES string of the molecule is CCN(CC)S(=O)(=O)c1ccc(/C=C/C(=O)NCc2ccc(Br)s2)cc1. The summed E-state index contributed by atoms with van der Waals surface area (Å²) in [6.45, 7) is 4.96. The summed E-state index contributed by atoms with van der Waals surface area (Å²) in [7, 11) is -3.46. The van der Waals surface area contributed by atoms with Gasteiger partial charge < -0.3 is 5.32 Å². The van der Waals surface area contributed by atoms with E-state index in [1.165, 1.54) is 10.4 Å². The Morgan fingerprint density at radius 2 is 1.81 bits per heavy atom. The molecule has 0 atom stereocenters. The molecule has 0 saturated carbocycles. The molecule has 0 spiro atoms. The lowest BCUT2D eigenvalue weighted by Crippen LogP contribution is -2.30. The minimum absolute atomic E-state index is 0.200. The maximum absolute atomic E-state index is 12.4. The maximum Gasteiger partial charge on any atom is 0.244 e. The van der Waals surface area contributed by atoms with Gasteiger partial charge in [0.25, 0.3) is 0 Å². The minimum Gasteiger partial charge on any atom is -0.348 e. The van der Waals surface area contributed by atoms with E-state index in [-0.39, 0.29) is 10.8 Å². The topological polar surface area (TPSA) is 66.5 Å². The molecule has 0 aliphatic carbocycles. The Morgan fingerprint density at radius 3 is 2.35 bits per heavy atom. The van der Waals surface area contributed by atoms with E-state index in [1.54, 1.807) is 41.7 Å². The van der Waals surface area contributed by atoms with Gasteiger partial charge in [-0.25, -0.2) is 8.42 Å². The zero-order valence-electron chi connectivity index (χ0n) is 14.6. The third kappa shape index (κ3) is 5.51. The van der Waals surface area contributed by atoms with Crippen molar-refractivity contribution < 1.29 is 13.2 Å². The van der Waals surface area contributed by atoms with E-state index in [0.29, 0.717) is 19.6 Å². The summed E-state index contributed by atoms with van der Waals surface area (Å²) in [5, 5.41) is 2.81. The van der Waals surface area contributed by atoms with Crippen LogP contribution in [0.25, 0.3) is 6.08 Å². The normalized spacial score (nSPS) is 12.0. The van der Waals surface area contributed by atoms with Crippen LogP contribution in [0.4, 0.5) is 0 Å². The number of nitrogens with one attached hydrogen (secondary N) is 1. The minimum atomic E-state index is -3.46. The van der Waals surface area contributed by atoms with E-state index in [2.05, 4.69) is 21.2 Å². The zero-order chi connectivity index (χ0) is 19.2. The van der Waals surface area contributed by atoms with Crippen molar-refractivity contribution in [2.24, 2.45) is 0 Å². The molecule has 26 heavy (non-hydrogen) atoms. The van der Waals surface area contributed by atoms with Crippen LogP contribution in [0.1, 0.15) is 24.3 Å². The molecule has 0 radical (unpaired) electrons. The number of nitrogens with zero attached hydrogens (tertiary/aromatic N) is 1. The molecule has 0 bridgehead atoms. The Bertz CT molecular complexity index is 870. The van der Waals surface area contributed by atoms with Gasteiger partial charge in [0.05, 0.1) is 15.2 Å². The maximum atomic E-state index is 12.4. The Morgan fingerprint density at radius 1 is 1.15 bits per heavy atom. The zero-order valence-corrected chi connectivity index (χ0v) is 17.8. The number of thiophene rings is 1. The monoisotopic (exact) mass is 456 g/mol. The van der Waals surface area contributed by atoms with E-state index >= 15 is 0 Å². The summed E-state index contributed by atoms with van der Waals surface area (Å²) in [6.07, 6.45) is 3.10. The van der Waals surface area contributed by atoms with Gasteiger partial charge in [0.2, 0.25) is 15.9 Å². The lowest BCUT2D eigenvalue weighted by atomic mass is 10.2. The smallest absolute Gasteiger partial charge is 0.244 e. The van der Waals surface area contributed by atoms with Gasteiger partial charge in [0.1, 0.15) is 0 Å². The second kappa shape index (κ2) is 9.45. The molecule has 5 nitrogen and oxygen atoms in total. The highest BCUT2D eigenvalue weighted by Crippen LogP contribution is 2.21. The second-order valence-electron chi connectivity index (χ2n) is 5.42. The molecule has 0 fully saturated rings. The summed E-state index contributed by atoms with van der Waals surface area (Å²) >= 11 is 4.96. The molecule has 1 heterocycles. The molecule has 2 aromatic rings. The molecular formula is C18H21BrN2O3S2. The predicted molar refractivity (Wildman–Crippen MR) is 109 cm³/mol. The van der Waals surface area contributed by atoms with E-state index in [4.69, 9.17) is 0 Å². The predicted octanol–water partition coefficient (Wildman–Crippen LogP) is 3.87. The van der Waals surface area contributed by atoms with Crippen LogP contribution in [-0.2, 0) is 21.4 Å². The Labute approximate surface area is 166 Å². The van der Waals surface area contributed by atoms with Crippen molar-refractivity contribution in [2.75, 3.05) is 13.1 Å². The van der Waals surface area contributed by atoms with Gasteiger partial charge in [0, 0.05) is 24.0 Å². The van der Waals surface area contributed by atoms with Crippen LogP contribution < -0.4 is 5.32 Å². The first-order valence-electron chi connectivity index (χ1n) is 8.17. The van der Waals surface area contributed by atoms with Crippen molar-refractivity contribution in [2.45, 2.75) is 25.3 Å². The molecule has 0 aliphatic rings. The van der Waals surface area contributed by atoms with Crippen molar-refractivity contribution in [3.63, 3.8) is 0 Å². The fourth-order valence-electron chi connectivity index (χ4n) is 2.32. The van der Waals surface area contributed by atoms with E-state index < -0.39 is 10.0 Å². The first-order chi connectivity index (χ1) is 12.4. The molecule has 140 valence electrons. The number of rotatable bonds is 8. The van der Waals surface area contributed by atoms with Crippen molar-refractivity contribution in [1.82, 2.24) is 9.62 Å². The van der Waals surface area contributed by atoms with Gasteiger partial charge in [-0.05, 0) is 51.8 Å². The van der Waals surface area contributed by atoms with Gasteiger partial charge in [-0.2, -0.15) is 4.31 Å². The summed E-state index contributed by atoms with van der Waals surface area (Å²) in [5.41, 5.74) is 0.762. The van der Waals surface area contributed by atoms with Crippen molar-refractivity contribution in [3.8, 4) is 0 Å². The first kappa shape index (κ1) is 20.8. The molecule has 1 aromatic carbocycles. The Balaban J connectivity index is 1.97. The van der Waals surface area contributed by atoms with Gasteiger partial charge in [-0.3, -0.25) is 4.79 Å². The van der Waals surface area contributed by atoms with Crippen LogP contribution in [0.2, 0.25) is 0 Å². The fraction of sp³-hybridized carbons (Fsp3) is 0.278. The van der Waals surface area contributed by atoms with Crippen molar-refractivity contribution in [3.05, 3.63) is 56.7 Å². The molecular weight excluding hydrogens is 436 g/mol. The third-order valence-corrected chi connectivity index (χ3v) is 7.40. The van der Waals surface area contributed by atoms with E-state index in [9.17, 15) is 13.2 Å². The van der Waals surface area contributed by atoms with Crippen LogP contribution >= 0.6 is 27.3 Å². The number of carbonyl (C=O) groups excluding carboxylic acids is 1. The van der Waals surface area contributed by atoms with Gasteiger partial charge in [-0.15, -0.1) is 11.3 Å². The standard InChI is InChI=1S/C18H21BrN2O3S2/c1-3-21(4-2)26(23,24)16-9-5-14(6-10-16)7-12-18(22)20-13-15-8-11-17(19)25-15/h5-12H,3-4,13H2,1-2H3,(H,20,22)/b12-7+. The number of halogens is 1. The number of carbonyl (C=O) groups is 1. The molecule has 0 saturated heterocycles. The van der Waals surface area contributed by atoms with Crippen LogP contribution in [0.15, 0.2) is 51.2 Å². The average Bonchev–Trinajstić information content (AvgIpc) is 3.04. The second-order valence-corrected chi connectivity index (χ2v) is 9.90. The number of hydrogen-bond acceptors (Lipinski definition) is 4. The van der Waals surface area contributed by atoms with Gasteiger partial charge >= 0.3 is 0 Å². The number of sulfonamides is 1. The highest BCUT2D eigenvalue weighted by molar-refractivity contribution is 9.11. The average molecular weight is 457 g/mol.